The number of H-pyrrole nitrogens is 1. The van der Waals surface area contributed by atoms with Crippen LogP contribution >= 0.6 is 0 Å². The van der Waals surface area contributed by atoms with Crippen molar-refractivity contribution in [3.05, 3.63) is 60.4 Å². The van der Waals surface area contributed by atoms with Gasteiger partial charge in [0.25, 0.3) is 5.91 Å². The molecule has 4 rings (SSSR count). The number of carbonyl (C=O) groups is 1. The van der Waals surface area contributed by atoms with Gasteiger partial charge in [0.2, 0.25) is 0 Å². The van der Waals surface area contributed by atoms with Crippen LogP contribution in [0.5, 0.6) is 5.75 Å². The lowest BCUT2D eigenvalue weighted by Crippen LogP contribution is -2.16. The summed E-state index contributed by atoms with van der Waals surface area (Å²) in [6.07, 6.45) is 3.73. The number of nitrogens with zero attached hydrogens (tertiary/aromatic N) is 2. The quantitative estimate of drug-likeness (QED) is 0.701. The first-order valence-corrected chi connectivity index (χ1v) is 8.90. The first-order chi connectivity index (χ1) is 13.3. The smallest absolute Gasteiger partial charge is 0.256 e. The molecule has 1 saturated heterocycles. The van der Waals surface area contributed by atoms with E-state index in [0.29, 0.717) is 29.2 Å². The molecule has 0 radical (unpaired) electrons. The average Bonchev–Trinajstić information content (AvgIpc) is 3.41. The molecule has 1 aliphatic rings. The number of rotatable bonds is 6. The molecule has 27 heavy (non-hydrogen) atoms. The van der Waals surface area contributed by atoms with Crippen LogP contribution in [0.2, 0.25) is 0 Å². The van der Waals surface area contributed by atoms with Crippen molar-refractivity contribution < 1.29 is 14.3 Å². The van der Waals surface area contributed by atoms with Crippen LogP contribution in [-0.2, 0) is 4.74 Å². The Balaban J connectivity index is 1.41. The van der Waals surface area contributed by atoms with Gasteiger partial charge in [-0.1, -0.05) is 18.2 Å². The molecule has 1 unspecified atom stereocenters. The van der Waals surface area contributed by atoms with E-state index in [2.05, 4.69) is 20.5 Å². The topological polar surface area (TPSA) is 89.1 Å². The Labute approximate surface area is 156 Å². The van der Waals surface area contributed by atoms with Crippen LogP contribution < -0.4 is 10.1 Å². The van der Waals surface area contributed by atoms with Gasteiger partial charge in [-0.05, 0) is 43.2 Å². The number of aromatic amines is 1. The van der Waals surface area contributed by atoms with Crippen molar-refractivity contribution in [1.82, 2.24) is 15.2 Å². The number of carbonyl (C=O) groups excluding carboxylic acids is 1. The molecule has 0 saturated carbocycles. The van der Waals surface area contributed by atoms with Gasteiger partial charge in [-0.3, -0.25) is 9.89 Å². The second-order valence-corrected chi connectivity index (χ2v) is 6.30. The highest BCUT2D eigenvalue weighted by atomic mass is 16.5. The zero-order chi connectivity index (χ0) is 18.5. The normalized spacial score (nSPS) is 16.2. The van der Waals surface area contributed by atoms with Crippen LogP contribution in [0.1, 0.15) is 23.2 Å². The van der Waals surface area contributed by atoms with Gasteiger partial charge in [0.1, 0.15) is 18.7 Å². The van der Waals surface area contributed by atoms with Crippen LogP contribution in [-0.4, -0.2) is 40.4 Å². The summed E-state index contributed by atoms with van der Waals surface area (Å²) in [5, 5.41) is 9.54. The SMILES string of the molecule is O=C(Nc1ccc(OCC2CCCO2)cc1)c1ccccc1-c1ncn[nH]1. The molecule has 1 atom stereocenters. The van der Waals surface area contributed by atoms with Gasteiger partial charge >= 0.3 is 0 Å². The van der Waals surface area contributed by atoms with E-state index in [-0.39, 0.29) is 12.0 Å². The second kappa shape index (κ2) is 8.01. The largest absolute Gasteiger partial charge is 0.491 e. The van der Waals surface area contributed by atoms with Gasteiger partial charge in [-0.15, -0.1) is 0 Å². The van der Waals surface area contributed by atoms with Crippen LogP contribution in [0, 0.1) is 0 Å². The third kappa shape index (κ3) is 4.15. The fourth-order valence-corrected chi connectivity index (χ4v) is 3.02. The highest BCUT2D eigenvalue weighted by molar-refractivity contribution is 6.08. The molecule has 2 aromatic carbocycles. The standard InChI is InChI=1S/C20H20N4O3/c25-20(18-6-2-1-5-17(18)19-21-13-22-24-19)23-14-7-9-15(10-8-14)27-12-16-4-3-11-26-16/h1-2,5-10,13,16H,3-4,11-12H2,(H,23,25)(H,21,22,24). The molecular formula is C20H20N4O3. The third-order valence-corrected chi connectivity index (χ3v) is 4.41. The number of aromatic nitrogens is 3. The van der Waals surface area contributed by atoms with Gasteiger partial charge in [0.15, 0.2) is 5.82 Å². The fraction of sp³-hybridized carbons (Fsp3) is 0.250. The third-order valence-electron chi connectivity index (χ3n) is 4.41. The number of benzene rings is 2. The highest BCUT2D eigenvalue weighted by Gasteiger charge is 2.16. The minimum atomic E-state index is -0.213. The molecule has 0 bridgehead atoms. The molecule has 2 N–H and O–H groups in total. The van der Waals surface area contributed by atoms with Gasteiger partial charge in [0, 0.05) is 17.9 Å². The van der Waals surface area contributed by atoms with Gasteiger partial charge in [-0.25, -0.2) is 4.98 Å². The molecule has 7 heteroatoms. The van der Waals surface area contributed by atoms with Crippen LogP contribution in [0.4, 0.5) is 5.69 Å². The number of nitrogens with one attached hydrogen (secondary N) is 2. The van der Waals surface area contributed by atoms with Gasteiger partial charge < -0.3 is 14.8 Å². The molecule has 1 aromatic heterocycles. The second-order valence-electron chi connectivity index (χ2n) is 6.30. The van der Waals surface area contributed by atoms with Crippen molar-refractivity contribution in [1.29, 1.82) is 0 Å². The molecule has 138 valence electrons. The maximum Gasteiger partial charge on any atom is 0.256 e. The Kier molecular flexibility index (Phi) is 5.11. The Morgan fingerprint density at radius 2 is 2.07 bits per heavy atom. The lowest BCUT2D eigenvalue weighted by molar-refractivity contribution is 0.0679. The molecule has 3 aromatic rings. The van der Waals surface area contributed by atoms with Crippen molar-refractivity contribution in [2.24, 2.45) is 0 Å². The summed E-state index contributed by atoms with van der Waals surface area (Å²) in [7, 11) is 0. The fourth-order valence-electron chi connectivity index (χ4n) is 3.02. The predicted octanol–water partition coefficient (Wildman–Crippen LogP) is 3.28. The van der Waals surface area contributed by atoms with Crippen molar-refractivity contribution in [3.63, 3.8) is 0 Å². The number of amides is 1. The van der Waals surface area contributed by atoms with E-state index >= 15 is 0 Å². The maximum absolute atomic E-state index is 12.7. The summed E-state index contributed by atoms with van der Waals surface area (Å²) < 4.78 is 11.3. The van der Waals surface area contributed by atoms with Crippen molar-refractivity contribution in [2.45, 2.75) is 18.9 Å². The zero-order valence-corrected chi connectivity index (χ0v) is 14.7. The molecule has 1 fully saturated rings. The Morgan fingerprint density at radius 1 is 1.22 bits per heavy atom. The first-order valence-electron chi connectivity index (χ1n) is 8.90. The molecule has 0 aliphatic carbocycles. The lowest BCUT2D eigenvalue weighted by atomic mass is 10.1. The Morgan fingerprint density at radius 3 is 2.81 bits per heavy atom. The predicted molar refractivity (Wildman–Crippen MR) is 101 cm³/mol. The number of ether oxygens (including phenoxy) is 2. The minimum Gasteiger partial charge on any atom is -0.491 e. The highest BCUT2D eigenvalue weighted by Crippen LogP contribution is 2.22. The summed E-state index contributed by atoms with van der Waals surface area (Å²) in [6, 6.07) is 14.6. The number of hydrogen-bond acceptors (Lipinski definition) is 5. The van der Waals surface area contributed by atoms with Crippen LogP contribution in [0.3, 0.4) is 0 Å². The van der Waals surface area contributed by atoms with Crippen LogP contribution in [0.25, 0.3) is 11.4 Å². The van der Waals surface area contributed by atoms with Crippen molar-refractivity contribution >= 4 is 11.6 Å². The first kappa shape index (κ1) is 17.2. The van der Waals surface area contributed by atoms with Crippen LogP contribution in [0.15, 0.2) is 54.9 Å². The van der Waals surface area contributed by atoms with E-state index in [9.17, 15) is 4.79 Å². The summed E-state index contributed by atoms with van der Waals surface area (Å²) in [4.78, 5) is 16.8. The molecule has 7 nitrogen and oxygen atoms in total. The maximum atomic E-state index is 12.7. The van der Waals surface area contributed by atoms with E-state index in [1.165, 1.54) is 6.33 Å². The molecule has 1 amide bonds. The van der Waals surface area contributed by atoms with E-state index < -0.39 is 0 Å². The Bertz CT molecular complexity index is 888. The zero-order valence-electron chi connectivity index (χ0n) is 14.7. The summed E-state index contributed by atoms with van der Waals surface area (Å²) in [6.45, 7) is 1.37. The summed E-state index contributed by atoms with van der Waals surface area (Å²) in [5.74, 6) is 1.10. The van der Waals surface area contributed by atoms with Gasteiger partial charge in [0.05, 0.1) is 11.7 Å². The average molecular weight is 364 g/mol. The van der Waals surface area contributed by atoms with Crippen molar-refractivity contribution in [3.8, 4) is 17.1 Å². The monoisotopic (exact) mass is 364 g/mol. The van der Waals surface area contributed by atoms with Crippen molar-refractivity contribution in [2.75, 3.05) is 18.5 Å². The van der Waals surface area contributed by atoms with E-state index in [4.69, 9.17) is 9.47 Å². The van der Waals surface area contributed by atoms with E-state index in [1.807, 2.05) is 42.5 Å². The molecular weight excluding hydrogens is 344 g/mol. The van der Waals surface area contributed by atoms with E-state index in [1.54, 1.807) is 6.07 Å². The molecule has 0 spiro atoms. The number of hydrogen-bond donors (Lipinski definition) is 2. The lowest BCUT2D eigenvalue weighted by Gasteiger charge is -2.12. The van der Waals surface area contributed by atoms with E-state index in [0.717, 1.165) is 25.2 Å². The summed E-state index contributed by atoms with van der Waals surface area (Å²) >= 11 is 0. The van der Waals surface area contributed by atoms with Gasteiger partial charge in [-0.2, -0.15) is 5.10 Å². The number of anilines is 1. The Hall–Kier alpha value is -3.19. The molecule has 1 aliphatic heterocycles. The minimum absolute atomic E-state index is 0.178. The summed E-state index contributed by atoms with van der Waals surface area (Å²) in [5.41, 5.74) is 1.91. The molecule has 2 heterocycles.